The first kappa shape index (κ1) is 16.5. The molecule has 0 unspecified atom stereocenters. The Bertz CT molecular complexity index is 616. The topological polar surface area (TPSA) is 68.5 Å². The molecule has 0 saturated carbocycles. The van der Waals surface area contributed by atoms with E-state index in [9.17, 15) is 0 Å². The minimum absolute atomic E-state index is 0.0624. The SMILES string of the molecule is CCOc1cc(CNc2cnn(CCO)c2)cc(Cl)c1OC. The molecule has 0 aliphatic carbocycles. The minimum atomic E-state index is 0.0624. The van der Waals surface area contributed by atoms with E-state index in [1.54, 1.807) is 18.0 Å². The Balaban J connectivity index is 2.08. The van der Waals surface area contributed by atoms with Crippen LogP contribution in [-0.4, -0.2) is 35.2 Å². The predicted octanol–water partition coefficient (Wildman–Crippen LogP) is 2.55. The Morgan fingerprint density at radius 3 is 2.91 bits per heavy atom. The first-order valence-electron chi connectivity index (χ1n) is 7.04. The lowest BCUT2D eigenvalue weighted by Crippen LogP contribution is -2.03. The highest BCUT2D eigenvalue weighted by atomic mass is 35.5. The fourth-order valence-electron chi connectivity index (χ4n) is 2.07. The number of rotatable bonds is 8. The van der Waals surface area contributed by atoms with Gasteiger partial charge in [0.1, 0.15) is 0 Å². The summed E-state index contributed by atoms with van der Waals surface area (Å²) in [6.07, 6.45) is 3.55. The van der Waals surface area contributed by atoms with Gasteiger partial charge >= 0.3 is 0 Å². The second-order valence-electron chi connectivity index (χ2n) is 4.61. The van der Waals surface area contributed by atoms with Gasteiger partial charge < -0.3 is 19.9 Å². The van der Waals surface area contributed by atoms with Gasteiger partial charge in [0.05, 0.1) is 43.8 Å². The summed E-state index contributed by atoms with van der Waals surface area (Å²) in [6.45, 7) is 3.57. The molecule has 2 N–H and O–H groups in total. The fraction of sp³-hybridized carbons (Fsp3) is 0.400. The lowest BCUT2D eigenvalue weighted by Gasteiger charge is -2.13. The molecule has 0 radical (unpaired) electrons. The molecule has 6 nitrogen and oxygen atoms in total. The molecule has 0 aliphatic heterocycles. The van der Waals surface area contributed by atoms with Crippen molar-refractivity contribution in [3.63, 3.8) is 0 Å². The van der Waals surface area contributed by atoms with Gasteiger partial charge in [-0.15, -0.1) is 0 Å². The van der Waals surface area contributed by atoms with Crippen LogP contribution in [0.1, 0.15) is 12.5 Å². The zero-order valence-corrected chi connectivity index (χ0v) is 13.4. The van der Waals surface area contributed by atoms with Crippen molar-refractivity contribution in [3.05, 3.63) is 35.1 Å². The average Bonchev–Trinajstić information content (AvgIpc) is 2.93. The van der Waals surface area contributed by atoms with E-state index in [2.05, 4.69) is 10.4 Å². The van der Waals surface area contributed by atoms with Crippen LogP contribution >= 0.6 is 11.6 Å². The Kier molecular flexibility index (Phi) is 5.91. The maximum atomic E-state index is 8.88. The van der Waals surface area contributed by atoms with Gasteiger partial charge in [-0.3, -0.25) is 4.68 Å². The predicted molar refractivity (Wildman–Crippen MR) is 85.8 cm³/mol. The highest BCUT2D eigenvalue weighted by Gasteiger charge is 2.11. The number of halogens is 1. The molecule has 22 heavy (non-hydrogen) atoms. The van der Waals surface area contributed by atoms with Crippen molar-refractivity contribution >= 4 is 17.3 Å². The maximum absolute atomic E-state index is 8.88. The number of nitrogens with zero attached hydrogens (tertiary/aromatic N) is 2. The second kappa shape index (κ2) is 7.91. The van der Waals surface area contributed by atoms with Crippen LogP contribution in [0.4, 0.5) is 5.69 Å². The fourth-order valence-corrected chi connectivity index (χ4v) is 2.38. The summed E-state index contributed by atoms with van der Waals surface area (Å²) in [4.78, 5) is 0. The zero-order valence-electron chi connectivity index (χ0n) is 12.7. The van der Waals surface area contributed by atoms with E-state index in [0.717, 1.165) is 11.3 Å². The van der Waals surface area contributed by atoms with Gasteiger partial charge in [-0.1, -0.05) is 11.6 Å². The summed E-state index contributed by atoms with van der Waals surface area (Å²) in [5.41, 5.74) is 1.85. The van der Waals surface area contributed by atoms with E-state index < -0.39 is 0 Å². The van der Waals surface area contributed by atoms with Gasteiger partial charge in [-0.05, 0) is 24.6 Å². The van der Waals surface area contributed by atoms with Crippen LogP contribution < -0.4 is 14.8 Å². The lowest BCUT2D eigenvalue weighted by atomic mass is 10.2. The normalized spacial score (nSPS) is 10.5. The highest BCUT2D eigenvalue weighted by Crippen LogP contribution is 2.36. The molecule has 0 amide bonds. The van der Waals surface area contributed by atoms with Crippen molar-refractivity contribution in [2.45, 2.75) is 20.0 Å². The first-order chi connectivity index (χ1) is 10.7. The van der Waals surface area contributed by atoms with Crippen molar-refractivity contribution in [2.24, 2.45) is 0 Å². The molecule has 1 heterocycles. The maximum Gasteiger partial charge on any atom is 0.179 e. The molecule has 0 bridgehead atoms. The third-order valence-electron chi connectivity index (χ3n) is 3.03. The molecular weight excluding hydrogens is 306 g/mol. The van der Waals surface area contributed by atoms with E-state index in [4.69, 9.17) is 26.2 Å². The molecule has 1 aromatic carbocycles. The van der Waals surface area contributed by atoms with Crippen LogP contribution in [0.5, 0.6) is 11.5 Å². The van der Waals surface area contributed by atoms with Crippen molar-refractivity contribution in [2.75, 3.05) is 25.6 Å². The van der Waals surface area contributed by atoms with Crippen molar-refractivity contribution < 1.29 is 14.6 Å². The van der Waals surface area contributed by atoms with Gasteiger partial charge in [0.25, 0.3) is 0 Å². The standard InChI is InChI=1S/C15H20ClN3O3/c1-3-22-14-7-11(6-13(16)15(14)21-2)8-17-12-9-18-19(10-12)4-5-20/h6-7,9-10,17,20H,3-5,8H2,1-2H3. The average molecular weight is 326 g/mol. The molecule has 1 aromatic heterocycles. The summed E-state index contributed by atoms with van der Waals surface area (Å²) >= 11 is 6.22. The van der Waals surface area contributed by atoms with Gasteiger partial charge in [0, 0.05) is 12.7 Å². The summed E-state index contributed by atoms with van der Waals surface area (Å²) in [6, 6.07) is 3.74. The quantitative estimate of drug-likeness (QED) is 0.780. The van der Waals surface area contributed by atoms with Crippen LogP contribution in [0.15, 0.2) is 24.5 Å². The van der Waals surface area contributed by atoms with E-state index in [0.29, 0.717) is 36.2 Å². The van der Waals surface area contributed by atoms with Crippen LogP contribution in [0, 0.1) is 0 Å². The van der Waals surface area contributed by atoms with Crippen LogP contribution in [0.3, 0.4) is 0 Å². The van der Waals surface area contributed by atoms with E-state index >= 15 is 0 Å². The van der Waals surface area contributed by atoms with Crippen molar-refractivity contribution in [1.82, 2.24) is 9.78 Å². The molecular formula is C15H20ClN3O3. The number of hydrogen-bond acceptors (Lipinski definition) is 5. The number of nitrogens with one attached hydrogen (secondary N) is 1. The molecule has 0 atom stereocenters. The van der Waals surface area contributed by atoms with Gasteiger partial charge in [-0.25, -0.2) is 0 Å². The monoisotopic (exact) mass is 325 g/mol. The van der Waals surface area contributed by atoms with Crippen molar-refractivity contribution in [1.29, 1.82) is 0 Å². The van der Waals surface area contributed by atoms with E-state index in [-0.39, 0.29) is 6.61 Å². The lowest BCUT2D eigenvalue weighted by molar-refractivity contribution is 0.269. The molecule has 0 aliphatic rings. The molecule has 7 heteroatoms. The number of ether oxygens (including phenoxy) is 2. The molecule has 120 valence electrons. The van der Waals surface area contributed by atoms with Crippen molar-refractivity contribution in [3.8, 4) is 11.5 Å². The van der Waals surface area contributed by atoms with Gasteiger partial charge in [0.2, 0.25) is 0 Å². The number of anilines is 1. The van der Waals surface area contributed by atoms with Crippen LogP contribution in [0.25, 0.3) is 0 Å². The smallest absolute Gasteiger partial charge is 0.179 e. The van der Waals surface area contributed by atoms with Crippen LogP contribution in [-0.2, 0) is 13.1 Å². The van der Waals surface area contributed by atoms with E-state index in [1.165, 1.54) is 0 Å². The highest BCUT2D eigenvalue weighted by molar-refractivity contribution is 6.32. The molecule has 2 rings (SSSR count). The Hall–Kier alpha value is -1.92. The third-order valence-corrected chi connectivity index (χ3v) is 3.31. The number of hydrogen-bond donors (Lipinski definition) is 2. The second-order valence-corrected chi connectivity index (χ2v) is 5.02. The largest absolute Gasteiger partial charge is 0.491 e. The van der Waals surface area contributed by atoms with E-state index in [1.807, 2.05) is 25.3 Å². The molecule has 0 fully saturated rings. The van der Waals surface area contributed by atoms with Gasteiger partial charge in [0.15, 0.2) is 11.5 Å². The third kappa shape index (κ3) is 4.05. The summed E-state index contributed by atoms with van der Waals surface area (Å²) in [7, 11) is 1.57. The molecule has 2 aromatic rings. The number of methoxy groups -OCH3 is 1. The summed E-state index contributed by atoms with van der Waals surface area (Å²) in [5.74, 6) is 1.17. The summed E-state index contributed by atoms with van der Waals surface area (Å²) in [5, 5.41) is 16.8. The minimum Gasteiger partial charge on any atom is -0.491 e. The Morgan fingerprint density at radius 1 is 1.41 bits per heavy atom. The van der Waals surface area contributed by atoms with Gasteiger partial charge in [-0.2, -0.15) is 5.10 Å². The summed E-state index contributed by atoms with van der Waals surface area (Å²) < 4.78 is 12.5. The van der Waals surface area contributed by atoms with Crippen LogP contribution in [0.2, 0.25) is 5.02 Å². The first-order valence-corrected chi connectivity index (χ1v) is 7.42. The number of benzene rings is 1. The Morgan fingerprint density at radius 2 is 2.23 bits per heavy atom. The molecule has 0 saturated heterocycles. The number of aliphatic hydroxyl groups is 1. The molecule has 0 spiro atoms. The Labute approximate surface area is 134 Å². The zero-order chi connectivity index (χ0) is 15.9. The number of aliphatic hydroxyl groups excluding tert-OH is 1. The number of aromatic nitrogens is 2.